The van der Waals surface area contributed by atoms with Crippen LogP contribution < -0.4 is 0 Å². The molecule has 2 aliphatic rings. The van der Waals surface area contributed by atoms with E-state index >= 15 is 0 Å². The summed E-state index contributed by atoms with van der Waals surface area (Å²) in [5.74, 6) is 0. The molecule has 0 N–H and O–H groups in total. The molecule has 1 saturated carbocycles. The van der Waals surface area contributed by atoms with Crippen molar-refractivity contribution in [2.24, 2.45) is 0 Å². The summed E-state index contributed by atoms with van der Waals surface area (Å²) in [4.78, 5) is 4.91. The van der Waals surface area contributed by atoms with E-state index in [1.165, 1.54) is 59.2 Å². The van der Waals surface area contributed by atoms with Crippen LogP contribution >= 0.6 is 0 Å². The van der Waals surface area contributed by atoms with Crippen molar-refractivity contribution in [2.75, 3.05) is 0 Å². The second kappa shape index (κ2) is 6.20. The first-order chi connectivity index (χ1) is 13.2. The van der Waals surface area contributed by atoms with Gasteiger partial charge in [-0.2, -0.15) is 0 Å². The maximum atomic E-state index is 4.91. The Bertz CT molecular complexity index is 1030. The molecule has 0 aliphatic heterocycles. The monoisotopic (exact) mass is 351 g/mol. The number of fused-ring (bicyclic) bond motifs is 3. The van der Waals surface area contributed by atoms with E-state index in [2.05, 4.69) is 80.6 Å². The molecular weight excluding hydrogens is 326 g/mol. The molecule has 2 aromatic carbocycles. The van der Waals surface area contributed by atoms with E-state index in [1.54, 1.807) is 5.57 Å². The first kappa shape index (κ1) is 16.5. The van der Waals surface area contributed by atoms with E-state index in [4.69, 9.17) is 4.98 Å². The fraction of sp³-hybridized carbons (Fsp3) is 0.269. The third-order valence-corrected chi connectivity index (χ3v) is 6.40. The van der Waals surface area contributed by atoms with Crippen molar-refractivity contribution in [1.82, 2.24) is 4.98 Å². The maximum Gasteiger partial charge on any atom is 0.0444 e. The van der Waals surface area contributed by atoms with Gasteiger partial charge in [0.25, 0.3) is 0 Å². The van der Waals surface area contributed by atoms with Gasteiger partial charge in [0, 0.05) is 16.8 Å². The second-order valence-electron chi connectivity index (χ2n) is 7.97. The summed E-state index contributed by atoms with van der Waals surface area (Å²) in [5, 5.41) is 0. The molecule has 0 radical (unpaired) electrons. The van der Waals surface area contributed by atoms with Crippen molar-refractivity contribution in [2.45, 2.75) is 44.9 Å². The lowest BCUT2D eigenvalue weighted by atomic mass is 9.64. The molecule has 2 aliphatic carbocycles. The van der Waals surface area contributed by atoms with Crippen molar-refractivity contribution >= 4 is 5.57 Å². The Kier molecular flexibility index (Phi) is 3.79. The smallest absolute Gasteiger partial charge is 0.0444 e. The van der Waals surface area contributed by atoms with Crippen LogP contribution in [0.3, 0.4) is 0 Å². The van der Waals surface area contributed by atoms with E-state index in [-0.39, 0.29) is 5.41 Å². The summed E-state index contributed by atoms with van der Waals surface area (Å²) in [6.45, 7) is 4.33. The molecule has 1 heterocycles. The lowest BCUT2D eigenvalue weighted by molar-refractivity contribution is 0.448. The predicted molar refractivity (Wildman–Crippen MR) is 112 cm³/mol. The lowest BCUT2D eigenvalue weighted by Gasteiger charge is -2.39. The third kappa shape index (κ3) is 2.34. The van der Waals surface area contributed by atoms with Crippen LogP contribution in [0.4, 0.5) is 0 Å². The van der Waals surface area contributed by atoms with Crippen LogP contribution in [0.1, 0.15) is 59.3 Å². The summed E-state index contributed by atoms with van der Waals surface area (Å²) >= 11 is 0. The van der Waals surface area contributed by atoms with Crippen LogP contribution in [0.15, 0.2) is 72.3 Å². The Morgan fingerprint density at radius 2 is 1.56 bits per heavy atom. The van der Waals surface area contributed by atoms with Crippen LogP contribution in [-0.2, 0) is 5.41 Å². The number of pyridine rings is 1. The number of hydrogen-bond acceptors (Lipinski definition) is 1. The molecule has 0 spiro atoms. The number of benzene rings is 2. The van der Waals surface area contributed by atoms with Crippen LogP contribution in [0.2, 0.25) is 0 Å². The van der Waals surface area contributed by atoms with Gasteiger partial charge in [-0.15, -0.1) is 0 Å². The van der Waals surface area contributed by atoms with Crippen LogP contribution in [0, 0.1) is 13.8 Å². The van der Waals surface area contributed by atoms with Gasteiger partial charge in [-0.05, 0) is 72.6 Å². The Morgan fingerprint density at radius 3 is 2.30 bits per heavy atom. The van der Waals surface area contributed by atoms with Gasteiger partial charge >= 0.3 is 0 Å². The highest BCUT2D eigenvalue weighted by molar-refractivity contribution is 5.92. The molecule has 0 saturated heterocycles. The number of nitrogens with zero attached hydrogens (tertiary/aromatic N) is 1. The maximum absolute atomic E-state index is 4.91. The Hall–Kier alpha value is -2.67. The van der Waals surface area contributed by atoms with E-state index in [0.29, 0.717) is 0 Å². The fourth-order valence-corrected chi connectivity index (χ4v) is 5.52. The largest absolute Gasteiger partial charge is 0.258 e. The molecule has 1 nitrogen and oxygen atoms in total. The third-order valence-electron chi connectivity index (χ3n) is 6.40. The SMILES string of the molecule is Cc1cc2c(c(C)n1)C1(c3ccccc3)CCCCC1=C2c1ccccc1. The normalized spacial score (nSPS) is 21.1. The highest BCUT2D eigenvalue weighted by Gasteiger charge is 2.48. The van der Waals surface area contributed by atoms with Crippen LogP contribution in [0.5, 0.6) is 0 Å². The predicted octanol–water partition coefficient (Wildman–Crippen LogP) is 6.37. The Morgan fingerprint density at radius 1 is 0.852 bits per heavy atom. The number of hydrogen-bond donors (Lipinski definition) is 0. The number of aromatic nitrogens is 1. The molecular formula is C26H25N. The van der Waals surface area contributed by atoms with Crippen molar-refractivity contribution in [3.8, 4) is 0 Å². The number of allylic oxidation sites excluding steroid dienone is 1. The van der Waals surface area contributed by atoms with Crippen molar-refractivity contribution in [3.63, 3.8) is 0 Å². The molecule has 1 heteroatoms. The first-order valence-electron chi connectivity index (χ1n) is 10.1. The average molecular weight is 351 g/mol. The highest BCUT2D eigenvalue weighted by atomic mass is 14.7. The average Bonchev–Trinajstić information content (AvgIpc) is 3.00. The van der Waals surface area contributed by atoms with Gasteiger partial charge in [-0.3, -0.25) is 4.98 Å². The summed E-state index contributed by atoms with van der Waals surface area (Å²) in [7, 11) is 0. The van der Waals surface area contributed by atoms with E-state index in [0.717, 1.165) is 5.69 Å². The van der Waals surface area contributed by atoms with Gasteiger partial charge < -0.3 is 0 Å². The molecule has 3 aromatic rings. The molecule has 1 aromatic heterocycles. The van der Waals surface area contributed by atoms with Crippen molar-refractivity contribution in [1.29, 1.82) is 0 Å². The van der Waals surface area contributed by atoms with Gasteiger partial charge in [0.2, 0.25) is 0 Å². The Labute approximate surface area is 161 Å². The summed E-state index contributed by atoms with van der Waals surface area (Å²) in [5.41, 5.74) is 11.0. The molecule has 0 bridgehead atoms. The van der Waals surface area contributed by atoms with Gasteiger partial charge in [-0.25, -0.2) is 0 Å². The zero-order chi connectivity index (χ0) is 18.4. The van der Waals surface area contributed by atoms with Gasteiger partial charge in [0.15, 0.2) is 0 Å². The van der Waals surface area contributed by atoms with Crippen molar-refractivity contribution < 1.29 is 0 Å². The quantitative estimate of drug-likeness (QED) is 0.522. The van der Waals surface area contributed by atoms with Gasteiger partial charge in [0.1, 0.15) is 0 Å². The molecule has 1 fully saturated rings. The molecule has 27 heavy (non-hydrogen) atoms. The minimum Gasteiger partial charge on any atom is -0.258 e. The standard InChI is InChI=1S/C26H25N/c1-18-17-22-24(20-11-5-3-6-12-20)23-15-9-10-16-26(23,25(22)19(2)27-18)21-13-7-4-8-14-21/h3-8,11-14,17H,9-10,15-16H2,1-2H3. The minimum atomic E-state index is -0.00913. The minimum absolute atomic E-state index is 0.00913. The van der Waals surface area contributed by atoms with Crippen molar-refractivity contribution in [3.05, 3.63) is 106 Å². The van der Waals surface area contributed by atoms with E-state index in [1.807, 2.05) is 0 Å². The summed E-state index contributed by atoms with van der Waals surface area (Å²) in [6.07, 6.45) is 4.90. The molecule has 0 amide bonds. The molecule has 1 atom stereocenters. The zero-order valence-corrected chi connectivity index (χ0v) is 16.1. The van der Waals surface area contributed by atoms with Crippen LogP contribution in [-0.4, -0.2) is 4.98 Å². The molecule has 134 valence electrons. The number of rotatable bonds is 2. The molecule has 5 rings (SSSR count). The van der Waals surface area contributed by atoms with E-state index < -0.39 is 0 Å². The Balaban J connectivity index is 1.91. The fourth-order valence-electron chi connectivity index (χ4n) is 5.52. The highest BCUT2D eigenvalue weighted by Crippen LogP contribution is 2.59. The molecule has 1 unspecified atom stereocenters. The van der Waals surface area contributed by atoms with E-state index in [9.17, 15) is 0 Å². The number of aryl methyl sites for hydroxylation is 2. The summed E-state index contributed by atoms with van der Waals surface area (Å²) in [6, 6.07) is 24.4. The first-order valence-corrected chi connectivity index (χ1v) is 10.1. The second-order valence-corrected chi connectivity index (χ2v) is 7.97. The lowest BCUT2D eigenvalue weighted by Crippen LogP contribution is -2.32. The topological polar surface area (TPSA) is 12.9 Å². The zero-order valence-electron chi connectivity index (χ0n) is 16.1. The summed E-state index contributed by atoms with van der Waals surface area (Å²) < 4.78 is 0. The van der Waals surface area contributed by atoms with Crippen LogP contribution in [0.25, 0.3) is 5.57 Å². The van der Waals surface area contributed by atoms with Gasteiger partial charge in [0.05, 0.1) is 0 Å². The van der Waals surface area contributed by atoms with Gasteiger partial charge in [-0.1, -0.05) is 67.1 Å².